The molecule has 0 saturated carbocycles. The molecule has 47 heavy (non-hydrogen) atoms. The van der Waals surface area contributed by atoms with Crippen LogP contribution in [0.5, 0.6) is 11.5 Å². The fourth-order valence-corrected chi connectivity index (χ4v) is 5.68. The molecule has 0 heterocycles. The first kappa shape index (κ1) is 35.4. The van der Waals surface area contributed by atoms with E-state index in [4.69, 9.17) is 5.26 Å². The second-order valence-electron chi connectivity index (χ2n) is 9.62. The molecule has 0 saturated heterocycles. The van der Waals surface area contributed by atoms with Crippen molar-refractivity contribution in [2.24, 2.45) is 0 Å². The fourth-order valence-electron chi connectivity index (χ4n) is 4.74. The first-order chi connectivity index (χ1) is 21.8. The summed E-state index contributed by atoms with van der Waals surface area (Å²) in [4.78, 5) is 25.7. The van der Waals surface area contributed by atoms with Crippen LogP contribution in [0.1, 0.15) is 43.0 Å². The largest absolute Gasteiger partial charge is 0.507 e. The lowest BCUT2D eigenvalue weighted by Gasteiger charge is -2.38. The lowest BCUT2D eigenvalue weighted by molar-refractivity contribution is -0.432. The molecule has 18 heteroatoms. The second-order valence-corrected chi connectivity index (χ2v) is 11.8. The molecule has 0 aliphatic carbocycles. The van der Waals surface area contributed by atoms with Crippen LogP contribution >= 0.6 is 12.0 Å². The zero-order valence-electron chi connectivity index (χ0n) is 22.9. The molecule has 0 fully saturated rings. The molecule has 4 aromatic carbocycles. The van der Waals surface area contributed by atoms with Gasteiger partial charge in [-0.05, 0) is 59.7 Å². The second kappa shape index (κ2) is 13.0. The van der Waals surface area contributed by atoms with E-state index in [0.717, 1.165) is 30.3 Å². The summed E-state index contributed by atoms with van der Waals surface area (Å²) in [7, 11) is -4.88. The number of alkyl halides is 6. The van der Waals surface area contributed by atoms with Crippen LogP contribution in [-0.2, 0) is 24.9 Å². The highest BCUT2D eigenvalue weighted by Crippen LogP contribution is 2.57. The van der Waals surface area contributed by atoms with E-state index in [1.807, 2.05) is 0 Å². The van der Waals surface area contributed by atoms with E-state index in [1.165, 1.54) is 12.1 Å². The molecule has 0 bridgehead atoms. The first-order valence-electron chi connectivity index (χ1n) is 12.5. The summed E-state index contributed by atoms with van der Waals surface area (Å²) >= 11 is 0.393. The minimum atomic E-state index is -6.23. The normalized spacial score (nSPS) is 12.6. The van der Waals surface area contributed by atoms with Crippen LogP contribution in [0.2, 0.25) is 0 Å². The molecule has 4 aromatic rings. The molecule has 4 rings (SSSR count). The number of phenolic OH excluding ortho intramolecular Hbond substituents is 2. The van der Waals surface area contributed by atoms with Crippen molar-refractivity contribution in [2.45, 2.75) is 27.6 Å². The van der Waals surface area contributed by atoms with Crippen LogP contribution in [0.3, 0.4) is 0 Å². The monoisotopic (exact) mass is 704 g/mol. The van der Waals surface area contributed by atoms with Crippen LogP contribution in [0.4, 0.5) is 26.3 Å². The van der Waals surface area contributed by atoms with E-state index >= 15 is 0 Å². The highest BCUT2D eigenvalue weighted by atomic mass is 32.2. The number of ketones is 2. The minimum absolute atomic E-state index is 0.101. The van der Waals surface area contributed by atoms with Crippen molar-refractivity contribution in [1.82, 2.24) is 0 Å². The Morgan fingerprint density at radius 2 is 1.15 bits per heavy atom. The number of rotatable bonds is 10. The molecule has 0 atom stereocenters. The Bertz CT molecular complexity index is 1950. The van der Waals surface area contributed by atoms with Crippen molar-refractivity contribution in [3.63, 3.8) is 0 Å². The Kier molecular flexibility index (Phi) is 9.77. The molecule has 0 radical (unpaired) electrons. The Morgan fingerprint density at radius 3 is 1.60 bits per heavy atom. The number of hydrogen-bond acceptors (Lipinski definition) is 10. The van der Waals surface area contributed by atoms with Crippen molar-refractivity contribution in [2.75, 3.05) is 0 Å². The highest BCUT2D eigenvalue weighted by molar-refractivity contribution is 7.94. The van der Waals surface area contributed by atoms with Gasteiger partial charge < -0.3 is 10.2 Å². The maximum Gasteiger partial charge on any atom is 0.411 e. The van der Waals surface area contributed by atoms with Gasteiger partial charge in [-0.1, -0.05) is 41.4 Å². The minimum Gasteiger partial charge on any atom is -0.507 e. The number of carbonyl (C=O) groups excluding carboxylic acids is 2. The van der Waals surface area contributed by atoms with E-state index in [2.05, 4.69) is 9.37 Å². The molecule has 0 unspecified atom stereocenters. The zero-order chi connectivity index (χ0) is 34.9. The van der Waals surface area contributed by atoms with Crippen LogP contribution in [0, 0.1) is 0 Å². The summed E-state index contributed by atoms with van der Waals surface area (Å²) in [6.45, 7) is 0. The first-order valence-corrected chi connectivity index (χ1v) is 14.7. The predicted molar refractivity (Wildman–Crippen MR) is 149 cm³/mol. The Balaban J connectivity index is 1.94. The van der Waals surface area contributed by atoms with E-state index in [-0.39, 0.29) is 34.7 Å². The lowest BCUT2D eigenvalue weighted by atomic mass is 9.71. The Labute approximate surface area is 264 Å². The Morgan fingerprint density at radius 1 is 0.681 bits per heavy atom. The summed E-state index contributed by atoms with van der Waals surface area (Å²) < 4.78 is 126. The van der Waals surface area contributed by atoms with Crippen LogP contribution < -0.4 is 0 Å². The smallest absolute Gasteiger partial charge is 0.411 e. The van der Waals surface area contributed by atoms with Crippen molar-refractivity contribution in [1.29, 1.82) is 0 Å². The molecule has 0 aliphatic heterocycles. The number of phenols is 2. The van der Waals surface area contributed by atoms with Gasteiger partial charge in [-0.3, -0.25) is 14.1 Å². The van der Waals surface area contributed by atoms with Crippen LogP contribution in [-0.4, -0.2) is 52.4 Å². The van der Waals surface area contributed by atoms with Crippen molar-refractivity contribution in [3.05, 3.63) is 118 Å². The van der Waals surface area contributed by atoms with E-state index in [0.29, 0.717) is 30.2 Å². The molecule has 0 amide bonds. The highest BCUT2D eigenvalue weighted by Gasteiger charge is 2.72. The zero-order valence-corrected chi connectivity index (χ0v) is 24.5. The molecule has 248 valence electrons. The number of benzene rings is 4. The fraction of sp³-hybridized carbons (Fsp3) is 0.103. The maximum absolute atomic E-state index is 15.0. The molecule has 0 aromatic heterocycles. The van der Waals surface area contributed by atoms with Crippen molar-refractivity contribution >= 4 is 33.7 Å². The van der Waals surface area contributed by atoms with Gasteiger partial charge in [0.2, 0.25) is 5.41 Å². The van der Waals surface area contributed by atoms with Gasteiger partial charge >= 0.3 is 12.4 Å². The average molecular weight is 705 g/mol. The van der Waals surface area contributed by atoms with Gasteiger partial charge in [-0.2, -0.15) is 34.8 Å². The number of halogens is 6. The summed E-state index contributed by atoms with van der Waals surface area (Å²) in [5, 5.41) is 32.5. The van der Waals surface area contributed by atoms with Crippen molar-refractivity contribution in [3.8, 4) is 11.5 Å². The summed E-state index contributed by atoms with van der Waals surface area (Å²) in [6.07, 6.45) is -12.5. The number of carbonyl (C=O) groups is 2. The third-order valence-corrected chi connectivity index (χ3v) is 8.27. The lowest BCUT2D eigenvalue weighted by Crippen LogP contribution is -2.54. The molecule has 4 N–H and O–H groups in total. The van der Waals surface area contributed by atoms with Gasteiger partial charge in [0.05, 0.1) is 28.1 Å². The summed E-state index contributed by atoms with van der Waals surface area (Å²) in [5.41, 5.74) is -11.2. The maximum atomic E-state index is 15.0. The van der Waals surface area contributed by atoms with Gasteiger partial charge in [0, 0.05) is 16.0 Å². The van der Waals surface area contributed by atoms with E-state index in [9.17, 15) is 59.1 Å². The third-order valence-electron chi connectivity index (χ3n) is 6.85. The van der Waals surface area contributed by atoms with Gasteiger partial charge in [0.15, 0.2) is 11.6 Å². The van der Waals surface area contributed by atoms with Gasteiger partial charge in [0.25, 0.3) is 10.1 Å². The third kappa shape index (κ3) is 6.83. The summed E-state index contributed by atoms with van der Waals surface area (Å²) in [6, 6.07) is 9.88. The van der Waals surface area contributed by atoms with Crippen LogP contribution in [0.15, 0.2) is 94.7 Å². The van der Waals surface area contributed by atoms with Gasteiger partial charge in [0.1, 0.15) is 11.5 Å². The van der Waals surface area contributed by atoms with E-state index < -0.39 is 83.7 Å². The molecular formula is C29H18F6O10S2. The molecule has 10 nitrogen and oxygen atoms in total. The topological polar surface area (TPSA) is 168 Å². The number of hydrogen-bond donors (Lipinski definition) is 4. The standard InChI is InChI=1S/C29H18F6O10S2/c30-28(31,32)27(29(33,34)35,17-7-9-23(36)21(13-17)25(38)15-3-1-5-19(11-15)46-45-44-40)18-8-10-24(37)22(14-18)26(39)16-4-2-6-20(12-16)47(41,42)43/h1-14,36-37,40H,(H,41,42,43). The van der Waals surface area contributed by atoms with Gasteiger partial charge in [-0.25, -0.2) is 5.26 Å². The Hall–Kier alpha value is -4.46. The SMILES string of the molecule is O=C(c1cccc(SOOO)c1)c1cc(C(c2ccc(O)c(C(=O)c3cccc(S(=O)(=O)O)c3)c2)(C(F)(F)F)C(F)(F)F)ccc1O. The quantitative estimate of drug-likeness (QED) is 0.0349. The van der Waals surface area contributed by atoms with Crippen LogP contribution in [0.25, 0.3) is 0 Å². The predicted octanol–water partition coefficient (Wildman–Crippen LogP) is 6.65. The molecule has 0 aliphatic rings. The molecular weight excluding hydrogens is 686 g/mol. The molecule has 0 spiro atoms. The van der Waals surface area contributed by atoms with E-state index in [1.54, 1.807) is 0 Å². The van der Waals surface area contributed by atoms with Gasteiger partial charge in [-0.15, -0.1) is 4.33 Å². The number of aromatic hydroxyl groups is 2. The van der Waals surface area contributed by atoms with Crippen molar-refractivity contribution < 1.29 is 73.7 Å². The summed E-state index contributed by atoms with van der Waals surface area (Å²) in [5.74, 6) is -4.66. The average Bonchev–Trinajstić information content (AvgIpc) is 2.99.